The normalized spacial score (nSPS) is 20.5. The van der Waals surface area contributed by atoms with Crippen molar-refractivity contribution in [3.05, 3.63) is 45.5 Å². The second-order valence-electron chi connectivity index (χ2n) is 7.26. The second kappa shape index (κ2) is 7.91. The van der Waals surface area contributed by atoms with Gasteiger partial charge in [0.25, 0.3) is 0 Å². The minimum absolute atomic E-state index is 0.332. The monoisotopic (exact) mass is 342 g/mol. The number of thioether (sulfide) groups is 1. The lowest BCUT2D eigenvalue weighted by Gasteiger charge is -2.19. The van der Waals surface area contributed by atoms with E-state index in [0.29, 0.717) is 11.7 Å². The van der Waals surface area contributed by atoms with Crippen molar-refractivity contribution >= 4 is 17.5 Å². The lowest BCUT2D eigenvalue weighted by Crippen LogP contribution is -2.17. The van der Waals surface area contributed by atoms with Crippen molar-refractivity contribution in [3.63, 3.8) is 0 Å². The van der Waals surface area contributed by atoms with Gasteiger partial charge in [-0.3, -0.25) is 4.79 Å². The van der Waals surface area contributed by atoms with Crippen LogP contribution >= 0.6 is 11.8 Å². The van der Waals surface area contributed by atoms with Crippen LogP contribution in [0.2, 0.25) is 0 Å². The fourth-order valence-corrected chi connectivity index (χ4v) is 5.58. The molecule has 1 fully saturated rings. The molecule has 0 N–H and O–H groups in total. The van der Waals surface area contributed by atoms with Crippen LogP contribution in [0, 0.1) is 12.8 Å². The van der Waals surface area contributed by atoms with Crippen molar-refractivity contribution in [2.24, 2.45) is 5.92 Å². The number of ketones is 1. The molecule has 1 nitrogen and oxygen atoms in total. The molecule has 0 saturated carbocycles. The number of rotatable bonds is 6. The van der Waals surface area contributed by atoms with Crippen molar-refractivity contribution in [1.29, 1.82) is 0 Å². The van der Waals surface area contributed by atoms with Gasteiger partial charge in [0, 0.05) is 11.3 Å². The number of hydrogen-bond donors (Lipinski definition) is 0. The van der Waals surface area contributed by atoms with Gasteiger partial charge in [-0.15, -0.1) is 0 Å². The first-order chi connectivity index (χ1) is 11.7. The van der Waals surface area contributed by atoms with Gasteiger partial charge in [0.15, 0.2) is 5.78 Å². The molecule has 0 bridgehead atoms. The molecule has 1 unspecified atom stereocenters. The van der Waals surface area contributed by atoms with Gasteiger partial charge in [-0.05, 0) is 91.9 Å². The Kier molecular flexibility index (Phi) is 5.86. The van der Waals surface area contributed by atoms with E-state index >= 15 is 0 Å². The quantitative estimate of drug-likeness (QED) is 0.486. The van der Waals surface area contributed by atoms with Gasteiger partial charge in [-0.25, -0.2) is 0 Å². The Morgan fingerprint density at radius 3 is 2.88 bits per heavy atom. The largest absolute Gasteiger partial charge is 0.289 e. The fraction of sp³-hybridized carbons (Fsp3) is 0.591. The lowest BCUT2D eigenvalue weighted by molar-refractivity contribution is 0.102. The number of benzene rings is 1. The van der Waals surface area contributed by atoms with E-state index in [-0.39, 0.29) is 0 Å². The van der Waals surface area contributed by atoms with E-state index in [0.717, 1.165) is 42.6 Å². The zero-order valence-corrected chi connectivity index (χ0v) is 16.2. The van der Waals surface area contributed by atoms with Crippen molar-refractivity contribution in [1.82, 2.24) is 0 Å². The first-order valence-electron chi connectivity index (χ1n) is 9.60. The van der Waals surface area contributed by atoms with Gasteiger partial charge < -0.3 is 0 Å². The third-order valence-corrected chi connectivity index (χ3v) is 6.90. The predicted octanol–water partition coefficient (Wildman–Crippen LogP) is 5.71. The number of unbranched alkanes of at least 4 members (excludes halogenated alkanes) is 1. The molecular formula is C22H30OS. The van der Waals surface area contributed by atoms with Gasteiger partial charge in [-0.1, -0.05) is 25.5 Å². The van der Waals surface area contributed by atoms with E-state index in [1.165, 1.54) is 47.3 Å². The molecule has 1 heterocycles. The summed E-state index contributed by atoms with van der Waals surface area (Å²) in [5, 5.41) is 0. The van der Waals surface area contributed by atoms with Gasteiger partial charge >= 0.3 is 0 Å². The fourth-order valence-electron chi connectivity index (χ4n) is 4.33. The predicted molar refractivity (Wildman–Crippen MR) is 105 cm³/mol. The third-order valence-electron chi connectivity index (χ3n) is 5.74. The smallest absolute Gasteiger partial charge is 0.189 e. The molecule has 1 aromatic carbocycles. The van der Waals surface area contributed by atoms with Crippen LogP contribution in [0.1, 0.15) is 72.1 Å². The lowest BCUT2D eigenvalue weighted by atomic mass is 9.84. The maximum atomic E-state index is 13.5. The topological polar surface area (TPSA) is 17.1 Å². The summed E-state index contributed by atoms with van der Waals surface area (Å²) >= 11 is 1.99. The number of Topliss-reactive ketones (excluding diaryl/α,β-unsaturated/α-hetero) is 1. The molecule has 1 atom stereocenters. The molecule has 0 aromatic heterocycles. The summed E-state index contributed by atoms with van der Waals surface area (Å²) < 4.78 is 0. The standard InChI is InChI=1S/C22H30OS/c1-4-6-8-16-13-17-9-7-10-20(17)21(15(16)3)22(23)19(5-2)18-11-12-24-14-18/h5,13,18H,4,6-12,14H2,1-3H3/b19-5-. The highest BCUT2D eigenvalue weighted by molar-refractivity contribution is 7.99. The average molecular weight is 343 g/mol. The average Bonchev–Trinajstić information content (AvgIpc) is 3.25. The summed E-state index contributed by atoms with van der Waals surface area (Å²) in [4.78, 5) is 13.5. The summed E-state index contributed by atoms with van der Waals surface area (Å²) in [5.74, 6) is 3.10. The molecule has 1 aliphatic heterocycles. The van der Waals surface area contributed by atoms with Gasteiger partial charge in [0.1, 0.15) is 0 Å². The molecule has 1 aliphatic carbocycles. The Morgan fingerprint density at radius 1 is 1.38 bits per heavy atom. The van der Waals surface area contributed by atoms with Crippen molar-refractivity contribution in [2.45, 2.75) is 65.7 Å². The van der Waals surface area contributed by atoms with Crippen LogP contribution < -0.4 is 0 Å². The number of hydrogen-bond acceptors (Lipinski definition) is 2. The summed E-state index contributed by atoms with van der Waals surface area (Å²) in [6.45, 7) is 6.48. The van der Waals surface area contributed by atoms with Crippen LogP contribution in [0.5, 0.6) is 0 Å². The zero-order chi connectivity index (χ0) is 17.1. The van der Waals surface area contributed by atoms with E-state index in [2.05, 4.69) is 26.0 Å². The second-order valence-corrected chi connectivity index (χ2v) is 8.41. The van der Waals surface area contributed by atoms with Crippen LogP contribution in [0.3, 0.4) is 0 Å². The van der Waals surface area contributed by atoms with Crippen LogP contribution in [-0.4, -0.2) is 17.3 Å². The molecule has 130 valence electrons. The maximum Gasteiger partial charge on any atom is 0.189 e. The number of fused-ring (bicyclic) bond motifs is 1. The van der Waals surface area contributed by atoms with Crippen LogP contribution in [-0.2, 0) is 19.3 Å². The van der Waals surface area contributed by atoms with E-state index in [4.69, 9.17) is 0 Å². The minimum atomic E-state index is 0.332. The molecule has 0 radical (unpaired) electrons. The molecule has 2 heteroatoms. The Balaban J connectivity index is 2.02. The van der Waals surface area contributed by atoms with E-state index in [1.807, 2.05) is 18.7 Å². The molecule has 2 aliphatic rings. The number of carbonyl (C=O) groups is 1. The molecule has 3 rings (SSSR count). The van der Waals surface area contributed by atoms with Crippen molar-refractivity contribution in [3.8, 4) is 0 Å². The first kappa shape index (κ1) is 17.8. The first-order valence-corrected chi connectivity index (χ1v) is 10.8. The summed E-state index contributed by atoms with van der Waals surface area (Å²) in [5.41, 5.74) is 7.64. The number of carbonyl (C=O) groups excluding carboxylic acids is 1. The van der Waals surface area contributed by atoms with Gasteiger partial charge in [0.05, 0.1) is 0 Å². The molecule has 0 amide bonds. The molecule has 1 saturated heterocycles. The van der Waals surface area contributed by atoms with E-state index < -0.39 is 0 Å². The molecule has 1 aromatic rings. The minimum Gasteiger partial charge on any atom is -0.289 e. The highest BCUT2D eigenvalue weighted by Crippen LogP contribution is 2.36. The van der Waals surface area contributed by atoms with Crippen molar-refractivity contribution < 1.29 is 4.79 Å². The maximum absolute atomic E-state index is 13.5. The highest BCUT2D eigenvalue weighted by Gasteiger charge is 2.29. The SMILES string of the molecule is C/C=C(\C(=O)c1c(C)c(CCCC)cc2c1CCC2)C1CCSC1. The number of allylic oxidation sites excluding steroid dienone is 2. The van der Waals surface area contributed by atoms with Gasteiger partial charge in [-0.2, -0.15) is 11.8 Å². The van der Waals surface area contributed by atoms with Gasteiger partial charge in [0.2, 0.25) is 0 Å². The molecular weight excluding hydrogens is 312 g/mol. The Morgan fingerprint density at radius 2 is 2.21 bits per heavy atom. The van der Waals surface area contributed by atoms with Crippen LogP contribution in [0.15, 0.2) is 17.7 Å². The molecule has 24 heavy (non-hydrogen) atoms. The highest BCUT2D eigenvalue weighted by atomic mass is 32.2. The zero-order valence-electron chi connectivity index (χ0n) is 15.4. The van der Waals surface area contributed by atoms with Crippen molar-refractivity contribution in [2.75, 3.05) is 11.5 Å². The Bertz CT molecular complexity index is 650. The Hall–Kier alpha value is -1.02. The van der Waals surface area contributed by atoms with Crippen LogP contribution in [0.4, 0.5) is 0 Å². The summed E-state index contributed by atoms with van der Waals surface area (Å²) in [6.07, 6.45) is 10.2. The Labute approximate surface area is 151 Å². The van der Waals surface area contributed by atoms with E-state index in [1.54, 1.807) is 0 Å². The van der Waals surface area contributed by atoms with E-state index in [9.17, 15) is 4.79 Å². The van der Waals surface area contributed by atoms with Crippen LogP contribution in [0.25, 0.3) is 0 Å². The third kappa shape index (κ3) is 3.35. The molecule has 0 spiro atoms. The number of aryl methyl sites for hydroxylation is 2. The summed E-state index contributed by atoms with van der Waals surface area (Å²) in [7, 11) is 0. The summed E-state index contributed by atoms with van der Waals surface area (Å²) in [6, 6.07) is 2.41.